The van der Waals surface area contributed by atoms with Gasteiger partial charge in [-0.15, -0.1) is 0 Å². The van der Waals surface area contributed by atoms with Crippen molar-refractivity contribution >= 4 is 0 Å². The predicted octanol–water partition coefficient (Wildman–Crippen LogP) is 3.61. The van der Waals surface area contributed by atoms with Crippen LogP contribution in [0.1, 0.15) is 38.1 Å². The molecule has 2 aromatic rings. The molecule has 0 unspecified atom stereocenters. The summed E-state index contributed by atoms with van der Waals surface area (Å²) < 4.78 is 7.91. The van der Waals surface area contributed by atoms with E-state index in [-0.39, 0.29) is 0 Å². The Balaban J connectivity index is 2.00. The third-order valence-electron chi connectivity index (χ3n) is 3.02. The van der Waals surface area contributed by atoms with Gasteiger partial charge in [0.25, 0.3) is 0 Å². The van der Waals surface area contributed by atoms with Crippen LogP contribution in [0, 0.1) is 0 Å². The Morgan fingerprint density at radius 1 is 1.22 bits per heavy atom. The third-order valence-corrected chi connectivity index (χ3v) is 3.02. The van der Waals surface area contributed by atoms with Crippen LogP contribution in [-0.4, -0.2) is 9.55 Å². The molecule has 0 radical (unpaired) electrons. The second kappa shape index (κ2) is 5.71. The number of rotatable bonds is 5. The first-order valence-corrected chi connectivity index (χ1v) is 6.43. The van der Waals surface area contributed by atoms with Crippen molar-refractivity contribution in [1.29, 1.82) is 0 Å². The average molecular weight is 244 g/mol. The lowest BCUT2D eigenvalue weighted by atomic mass is 10.2. The van der Waals surface area contributed by atoms with Crippen LogP contribution in [0.4, 0.5) is 0 Å². The Hall–Kier alpha value is -1.77. The minimum atomic E-state index is 0.411. The van der Waals surface area contributed by atoms with Crippen molar-refractivity contribution in [3.05, 3.63) is 48.0 Å². The molecule has 0 spiro atoms. The van der Waals surface area contributed by atoms with E-state index in [2.05, 4.69) is 42.5 Å². The molecule has 0 N–H and O–H groups in total. The predicted molar refractivity (Wildman–Crippen MR) is 72.8 cm³/mol. The summed E-state index contributed by atoms with van der Waals surface area (Å²) in [6.07, 6.45) is 4.77. The third kappa shape index (κ3) is 2.92. The molecular weight excluding hydrogens is 224 g/mol. The number of hydrogen-bond donors (Lipinski definition) is 0. The molecule has 1 heterocycles. The van der Waals surface area contributed by atoms with Crippen LogP contribution in [0.3, 0.4) is 0 Å². The van der Waals surface area contributed by atoms with Crippen LogP contribution in [0.25, 0.3) is 0 Å². The summed E-state index contributed by atoms with van der Waals surface area (Å²) in [4.78, 5) is 4.17. The summed E-state index contributed by atoms with van der Waals surface area (Å²) in [7, 11) is 0. The minimum absolute atomic E-state index is 0.411. The zero-order valence-corrected chi connectivity index (χ0v) is 11.3. The normalized spacial score (nSPS) is 10.9. The number of ether oxygens (including phenoxy) is 1. The largest absolute Gasteiger partial charge is 0.487 e. The highest BCUT2D eigenvalue weighted by molar-refractivity contribution is 5.27. The monoisotopic (exact) mass is 244 g/mol. The van der Waals surface area contributed by atoms with Crippen LogP contribution >= 0.6 is 0 Å². The number of nitrogens with zero attached hydrogens (tertiary/aromatic N) is 2. The van der Waals surface area contributed by atoms with Gasteiger partial charge < -0.3 is 9.30 Å². The maximum atomic E-state index is 5.78. The van der Waals surface area contributed by atoms with Crippen molar-refractivity contribution in [2.45, 2.75) is 39.8 Å². The van der Waals surface area contributed by atoms with E-state index >= 15 is 0 Å². The Labute approximate surface area is 108 Å². The molecule has 0 aliphatic carbocycles. The Kier molecular flexibility index (Phi) is 4.03. The molecule has 0 bridgehead atoms. The first-order chi connectivity index (χ1) is 8.70. The highest BCUT2D eigenvalue weighted by atomic mass is 16.5. The van der Waals surface area contributed by atoms with Crippen molar-refractivity contribution in [1.82, 2.24) is 9.55 Å². The summed E-state index contributed by atoms with van der Waals surface area (Å²) in [6.45, 7) is 6.99. The molecule has 18 heavy (non-hydrogen) atoms. The number of hydrogen-bond acceptors (Lipinski definition) is 2. The molecule has 1 aromatic heterocycles. The van der Waals surface area contributed by atoms with E-state index in [1.54, 1.807) is 0 Å². The van der Waals surface area contributed by atoms with Gasteiger partial charge in [0.15, 0.2) is 0 Å². The number of benzene rings is 1. The van der Waals surface area contributed by atoms with Gasteiger partial charge in [-0.2, -0.15) is 0 Å². The van der Waals surface area contributed by atoms with Crippen molar-refractivity contribution in [3.8, 4) is 5.75 Å². The van der Waals surface area contributed by atoms with Gasteiger partial charge in [-0.25, -0.2) is 4.98 Å². The smallest absolute Gasteiger partial charge is 0.130 e. The lowest BCUT2D eigenvalue weighted by Gasteiger charge is -2.12. The minimum Gasteiger partial charge on any atom is -0.487 e. The molecule has 0 saturated carbocycles. The zero-order chi connectivity index (χ0) is 13.0. The van der Waals surface area contributed by atoms with Gasteiger partial charge in [0.05, 0.1) is 18.2 Å². The molecule has 0 amide bonds. The van der Waals surface area contributed by atoms with Crippen molar-refractivity contribution in [2.75, 3.05) is 0 Å². The van der Waals surface area contributed by atoms with Gasteiger partial charge in [0, 0.05) is 6.04 Å². The van der Waals surface area contributed by atoms with Gasteiger partial charge in [-0.1, -0.05) is 19.1 Å². The molecule has 0 fully saturated rings. The maximum Gasteiger partial charge on any atom is 0.130 e. The Morgan fingerprint density at radius 2 is 1.94 bits per heavy atom. The van der Waals surface area contributed by atoms with Gasteiger partial charge in [-0.05, 0) is 38.0 Å². The van der Waals surface area contributed by atoms with E-state index in [1.165, 1.54) is 5.56 Å². The number of imidazole rings is 1. The molecular formula is C15H20N2O. The molecule has 0 aliphatic rings. The van der Waals surface area contributed by atoms with Crippen LogP contribution in [-0.2, 0) is 13.0 Å². The first kappa shape index (κ1) is 12.7. The van der Waals surface area contributed by atoms with E-state index in [4.69, 9.17) is 4.74 Å². The van der Waals surface area contributed by atoms with E-state index < -0.39 is 0 Å². The second-order valence-electron chi connectivity index (χ2n) is 4.67. The molecule has 0 atom stereocenters. The van der Waals surface area contributed by atoms with E-state index in [1.807, 2.05) is 24.7 Å². The molecule has 0 saturated heterocycles. The molecule has 2 rings (SSSR count). The van der Waals surface area contributed by atoms with Crippen molar-refractivity contribution in [3.63, 3.8) is 0 Å². The van der Waals surface area contributed by atoms with E-state index in [9.17, 15) is 0 Å². The standard InChI is InChI=1S/C15H20N2O/c1-4-13-5-7-15(8-6-13)18-10-14-9-16-11-17(14)12(2)3/h5-9,11-12H,4,10H2,1-3H3. The number of aryl methyl sites for hydroxylation is 1. The summed E-state index contributed by atoms with van der Waals surface area (Å²) in [5.41, 5.74) is 2.43. The second-order valence-corrected chi connectivity index (χ2v) is 4.67. The first-order valence-electron chi connectivity index (χ1n) is 6.43. The zero-order valence-electron chi connectivity index (χ0n) is 11.3. The number of aromatic nitrogens is 2. The lowest BCUT2D eigenvalue weighted by molar-refractivity contribution is 0.292. The Morgan fingerprint density at radius 3 is 2.56 bits per heavy atom. The summed E-state index contributed by atoms with van der Waals surface area (Å²) in [6, 6.07) is 8.67. The molecule has 3 nitrogen and oxygen atoms in total. The molecule has 0 aliphatic heterocycles. The van der Waals surface area contributed by atoms with Crippen LogP contribution in [0.15, 0.2) is 36.8 Å². The topological polar surface area (TPSA) is 27.1 Å². The van der Waals surface area contributed by atoms with Gasteiger partial charge in [0.1, 0.15) is 12.4 Å². The molecule has 1 aromatic carbocycles. The van der Waals surface area contributed by atoms with Crippen molar-refractivity contribution < 1.29 is 4.74 Å². The van der Waals surface area contributed by atoms with Gasteiger partial charge >= 0.3 is 0 Å². The highest BCUT2D eigenvalue weighted by Crippen LogP contribution is 2.16. The fourth-order valence-electron chi connectivity index (χ4n) is 1.89. The van der Waals surface area contributed by atoms with Gasteiger partial charge in [0.2, 0.25) is 0 Å². The van der Waals surface area contributed by atoms with Crippen LogP contribution < -0.4 is 4.74 Å². The van der Waals surface area contributed by atoms with Crippen molar-refractivity contribution in [2.24, 2.45) is 0 Å². The van der Waals surface area contributed by atoms with E-state index in [0.29, 0.717) is 12.6 Å². The molecule has 96 valence electrons. The van der Waals surface area contributed by atoms with Crippen LogP contribution in [0.5, 0.6) is 5.75 Å². The maximum absolute atomic E-state index is 5.78. The quantitative estimate of drug-likeness (QED) is 0.803. The van der Waals surface area contributed by atoms with E-state index in [0.717, 1.165) is 17.9 Å². The fourth-order valence-corrected chi connectivity index (χ4v) is 1.89. The fraction of sp³-hybridized carbons (Fsp3) is 0.400. The van der Waals surface area contributed by atoms with Crippen LogP contribution in [0.2, 0.25) is 0 Å². The Bertz CT molecular complexity index is 485. The summed E-state index contributed by atoms with van der Waals surface area (Å²) >= 11 is 0. The summed E-state index contributed by atoms with van der Waals surface area (Å²) in [5, 5.41) is 0. The lowest BCUT2D eigenvalue weighted by Crippen LogP contribution is -2.07. The summed E-state index contributed by atoms with van der Waals surface area (Å²) in [5.74, 6) is 0.906. The SMILES string of the molecule is CCc1ccc(OCc2cncn2C(C)C)cc1. The average Bonchev–Trinajstić information content (AvgIpc) is 2.85. The van der Waals surface area contributed by atoms with Gasteiger partial charge in [-0.3, -0.25) is 0 Å². The molecule has 3 heteroatoms. The highest BCUT2D eigenvalue weighted by Gasteiger charge is 2.05.